The van der Waals surface area contributed by atoms with Crippen molar-refractivity contribution in [2.75, 3.05) is 0 Å². The second-order valence-electron chi connectivity index (χ2n) is 3.74. The zero-order valence-corrected chi connectivity index (χ0v) is 9.65. The summed E-state index contributed by atoms with van der Waals surface area (Å²) in [6.07, 6.45) is 3.34. The van der Waals surface area contributed by atoms with Gasteiger partial charge in [0.05, 0.1) is 17.3 Å². The fraction of sp³-hybridized carbons (Fsp3) is 0.333. The summed E-state index contributed by atoms with van der Waals surface area (Å²) in [7, 11) is 0. The molecule has 4 heteroatoms. The van der Waals surface area contributed by atoms with Crippen LogP contribution < -0.4 is 0 Å². The topological polar surface area (TPSA) is 48.0 Å². The van der Waals surface area contributed by atoms with E-state index in [4.69, 9.17) is 4.42 Å². The van der Waals surface area contributed by atoms with Crippen LogP contribution in [0.1, 0.15) is 34.4 Å². The maximum Gasteiger partial charge on any atom is 0.199 e. The molecule has 0 aliphatic carbocycles. The Morgan fingerprint density at radius 3 is 2.75 bits per heavy atom. The maximum atomic E-state index is 12.1. The van der Waals surface area contributed by atoms with Gasteiger partial charge in [-0.05, 0) is 26.8 Å². The van der Waals surface area contributed by atoms with Crippen LogP contribution in [0.5, 0.6) is 0 Å². The first kappa shape index (κ1) is 10.7. The number of rotatable bonds is 3. The Hall–Kier alpha value is -1.84. The van der Waals surface area contributed by atoms with E-state index in [1.54, 1.807) is 30.1 Å². The van der Waals surface area contributed by atoms with E-state index < -0.39 is 0 Å². The zero-order valence-electron chi connectivity index (χ0n) is 9.65. The van der Waals surface area contributed by atoms with E-state index >= 15 is 0 Å². The average Bonchev–Trinajstić information content (AvgIpc) is 2.84. The van der Waals surface area contributed by atoms with Gasteiger partial charge in [0.25, 0.3) is 0 Å². The summed E-state index contributed by atoms with van der Waals surface area (Å²) in [6.45, 7) is 6.37. The van der Waals surface area contributed by atoms with E-state index in [2.05, 4.69) is 5.10 Å². The highest BCUT2D eigenvalue weighted by Crippen LogP contribution is 2.17. The summed E-state index contributed by atoms with van der Waals surface area (Å²) in [5, 5.41) is 4.08. The monoisotopic (exact) mass is 218 g/mol. The number of nitrogens with zero attached hydrogens (tertiary/aromatic N) is 2. The van der Waals surface area contributed by atoms with Crippen molar-refractivity contribution < 1.29 is 9.21 Å². The Balaban J connectivity index is 2.35. The van der Waals surface area contributed by atoms with Crippen molar-refractivity contribution in [2.24, 2.45) is 0 Å². The summed E-state index contributed by atoms with van der Waals surface area (Å²) in [6, 6.07) is 1.76. The SMILES string of the molecule is CCn1cc(C(=O)c2cc(C)oc2C)cn1. The molecule has 4 nitrogen and oxygen atoms in total. The summed E-state index contributed by atoms with van der Waals surface area (Å²) < 4.78 is 7.07. The second-order valence-corrected chi connectivity index (χ2v) is 3.74. The van der Waals surface area contributed by atoms with Gasteiger partial charge in [0.15, 0.2) is 5.78 Å². The van der Waals surface area contributed by atoms with Gasteiger partial charge in [0.1, 0.15) is 11.5 Å². The lowest BCUT2D eigenvalue weighted by Gasteiger charge is -1.94. The number of hydrogen-bond donors (Lipinski definition) is 0. The molecule has 2 aromatic rings. The van der Waals surface area contributed by atoms with Gasteiger partial charge in [-0.25, -0.2) is 0 Å². The second kappa shape index (κ2) is 3.96. The van der Waals surface area contributed by atoms with Crippen LogP contribution in [0.4, 0.5) is 0 Å². The Labute approximate surface area is 93.9 Å². The number of carbonyl (C=O) groups is 1. The van der Waals surface area contributed by atoms with E-state index in [1.165, 1.54) is 0 Å². The van der Waals surface area contributed by atoms with E-state index in [0.717, 1.165) is 12.3 Å². The van der Waals surface area contributed by atoms with Gasteiger partial charge in [-0.2, -0.15) is 5.10 Å². The first-order chi connectivity index (χ1) is 7.61. The van der Waals surface area contributed by atoms with Gasteiger partial charge in [-0.3, -0.25) is 9.48 Å². The van der Waals surface area contributed by atoms with Crippen LogP contribution in [0.25, 0.3) is 0 Å². The molecule has 84 valence electrons. The van der Waals surface area contributed by atoms with Gasteiger partial charge in [-0.1, -0.05) is 0 Å². The van der Waals surface area contributed by atoms with E-state index in [9.17, 15) is 4.79 Å². The van der Waals surface area contributed by atoms with E-state index in [0.29, 0.717) is 16.9 Å². The minimum Gasteiger partial charge on any atom is -0.466 e. The molecule has 0 saturated carbocycles. The van der Waals surface area contributed by atoms with Gasteiger partial charge < -0.3 is 4.42 Å². The molecule has 0 N–H and O–H groups in total. The summed E-state index contributed by atoms with van der Waals surface area (Å²) in [4.78, 5) is 12.1. The third-order valence-electron chi connectivity index (χ3n) is 2.51. The Morgan fingerprint density at radius 1 is 1.50 bits per heavy atom. The van der Waals surface area contributed by atoms with Crippen molar-refractivity contribution in [2.45, 2.75) is 27.3 Å². The van der Waals surface area contributed by atoms with Crippen LogP contribution >= 0.6 is 0 Å². The highest BCUT2D eigenvalue weighted by atomic mass is 16.3. The van der Waals surface area contributed by atoms with Gasteiger partial charge in [0, 0.05) is 12.7 Å². The quantitative estimate of drug-likeness (QED) is 0.743. The molecule has 0 aliphatic rings. The standard InChI is InChI=1S/C12H14N2O2/c1-4-14-7-10(6-13-14)12(15)11-5-8(2)16-9(11)3/h5-7H,4H2,1-3H3. The molecule has 0 unspecified atom stereocenters. The van der Waals surface area contributed by atoms with Gasteiger partial charge >= 0.3 is 0 Å². The smallest absolute Gasteiger partial charge is 0.199 e. The first-order valence-corrected chi connectivity index (χ1v) is 5.26. The Kier molecular flexibility index (Phi) is 2.64. The molecule has 0 bridgehead atoms. The molecule has 2 heterocycles. The van der Waals surface area contributed by atoms with Crippen LogP contribution in [0.3, 0.4) is 0 Å². The largest absolute Gasteiger partial charge is 0.466 e. The number of hydrogen-bond acceptors (Lipinski definition) is 3. The molecule has 0 amide bonds. The summed E-state index contributed by atoms with van der Waals surface area (Å²) in [5.41, 5.74) is 1.22. The van der Waals surface area contributed by atoms with Crippen molar-refractivity contribution >= 4 is 5.78 Å². The lowest BCUT2D eigenvalue weighted by atomic mass is 10.1. The number of aryl methyl sites for hydroxylation is 3. The molecule has 0 atom stereocenters. The van der Waals surface area contributed by atoms with Crippen molar-refractivity contribution in [3.8, 4) is 0 Å². The van der Waals surface area contributed by atoms with Crippen molar-refractivity contribution in [1.82, 2.24) is 9.78 Å². The Morgan fingerprint density at radius 2 is 2.25 bits per heavy atom. The molecule has 0 saturated heterocycles. The Bertz CT molecular complexity index is 523. The molecular formula is C12H14N2O2. The molecule has 0 aromatic carbocycles. The molecule has 0 fully saturated rings. The summed E-state index contributed by atoms with van der Waals surface area (Å²) >= 11 is 0. The van der Waals surface area contributed by atoms with Crippen LogP contribution in [0.2, 0.25) is 0 Å². The molecule has 0 spiro atoms. The van der Waals surface area contributed by atoms with E-state index in [-0.39, 0.29) is 5.78 Å². The fourth-order valence-electron chi connectivity index (χ4n) is 1.67. The van der Waals surface area contributed by atoms with Crippen molar-refractivity contribution in [1.29, 1.82) is 0 Å². The number of carbonyl (C=O) groups excluding carboxylic acids is 1. The molecule has 2 aromatic heterocycles. The minimum atomic E-state index is -0.0333. The average molecular weight is 218 g/mol. The van der Waals surface area contributed by atoms with Crippen molar-refractivity contribution in [3.05, 3.63) is 41.1 Å². The molecule has 0 aliphatic heterocycles. The van der Waals surface area contributed by atoms with E-state index in [1.807, 2.05) is 13.8 Å². The third-order valence-corrected chi connectivity index (χ3v) is 2.51. The number of furan rings is 1. The maximum absolute atomic E-state index is 12.1. The fourth-order valence-corrected chi connectivity index (χ4v) is 1.67. The predicted molar refractivity (Wildman–Crippen MR) is 59.5 cm³/mol. The van der Waals surface area contributed by atoms with Gasteiger partial charge in [0.2, 0.25) is 0 Å². The number of ketones is 1. The molecule has 16 heavy (non-hydrogen) atoms. The molecule has 2 rings (SSSR count). The molecule has 0 radical (unpaired) electrons. The normalized spacial score (nSPS) is 10.7. The lowest BCUT2D eigenvalue weighted by Crippen LogP contribution is -2.00. The van der Waals surface area contributed by atoms with Crippen LogP contribution in [0.15, 0.2) is 22.9 Å². The van der Waals surface area contributed by atoms with Gasteiger partial charge in [-0.15, -0.1) is 0 Å². The summed E-state index contributed by atoms with van der Waals surface area (Å²) in [5.74, 6) is 1.38. The number of aromatic nitrogens is 2. The minimum absolute atomic E-state index is 0.0333. The van der Waals surface area contributed by atoms with Crippen LogP contribution in [-0.4, -0.2) is 15.6 Å². The first-order valence-electron chi connectivity index (χ1n) is 5.26. The highest BCUT2D eigenvalue weighted by Gasteiger charge is 2.16. The van der Waals surface area contributed by atoms with Crippen LogP contribution in [-0.2, 0) is 6.54 Å². The predicted octanol–water partition coefficient (Wildman–Crippen LogP) is 2.34. The highest BCUT2D eigenvalue weighted by molar-refractivity contribution is 6.09. The zero-order chi connectivity index (χ0) is 11.7. The third kappa shape index (κ3) is 1.78. The van der Waals surface area contributed by atoms with Crippen LogP contribution in [0, 0.1) is 13.8 Å². The molecular weight excluding hydrogens is 204 g/mol. The van der Waals surface area contributed by atoms with Crippen molar-refractivity contribution in [3.63, 3.8) is 0 Å². The lowest BCUT2D eigenvalue weighted by molar-refractivity contribution is 0.103.